The number of nitrogens with zero attached hydrogens (tertiary/aromatic N) is 1. The molecule has 1 aliphatic heterocycles. The van der Waals surface area contributed by atoms with Gasteiger partial charge in [0.05, 0.1) is 13.2 Å². The van der Waals surface area contributed by atoms with Gasteiger partial charge in [-0.2, -0.15) is 0 Å². The van der Waals surface area contributed by atoms with Gasteiger partial charge in [-0.25, -0.2) is 0 Å². The fourth-order valence-electron chi connectivity index (χ4n) is 3.75. The Morgan fingerprint density at radius 2 is 2.00 bits per heavy atom. The maximum Gasteiger partial charge on any atom is 0.119 e. The molecule has 5 heteroatoms. The average molecular weight is 365 g/mol. The topological polar surface area (TPSA) is 49.5 Å². The maximum atomic E-state index is 5.93. The summed E-state index contributed by atoms with van der Waals surface area (Å²) in [6, 6.07) is 14.8. The van der Waals surface area contributed by atoms with E-state index < -0.39 is 0 Å². The summed E-state index contributed by atoms with van der Waals surface area (Å²) in [7, 11) is 5.82. The third kappa shape index (κ3) is 3.66. The van der Waals surface area contributed by atoms with E-state index in [1.807, 2.05) is 12.1 Å². The molecule has 1 aliphatic rings. The molecule has 0 radical (unpaired) electrons. The van der Waals surface area contributed by atoms with Crippen molar-refractivity contribution in [2.75, 3.05) is 40.9 Å². The number of hydrogen-bond acceptors (Lipinski definition) is 4. The molecular formula is C22H27N3O2. The normalized spacial score (nSPS) is 16.5. The molecule has 5 nitrogen and oxygen atoms in total. The molecule has 1 aromatic heterocycles. The summed E-state index contributed by atoms with van der Waals surface area (Å²) < 4.78 is 11.3. The van der Waals surface area contributed by atoms with Gasteiger partial charge in [-0.15, -0.1) is 0 Å². The Bertz CT molecular complexity index is 932. The zero-order valence-corrected chi connectivity index (χ0v) is 16.2. The lowest BCUT2D eigenvalue weighted by Gasteiger charge is -2.25. The molecule has 4 rings (SSSR count). The molecule has 0 fully saturated rings. The Morgan fingerprint density at radius 1 is 1.11 bits per heavy atom. The summed E-state index contributed by atoms with van der Waals surface area (Å²) in [5.41, 5.74) is 5.01. The zero-order chi connectivity index (χ0) is 18.8. The minimum Gasteiger partial charge on any atom is -0.497 e. The first-order chi connectivity index (χ1) is 13.2. The first kappa shape index (κ1) is 17.9. The third-order valence-electron chi connectivity index (χ3n) is 5.16. The molecule has 0 saturated heterocycles. The predicted molar refractivity (Wildman–Crippen MR) is 109 cm³/mol. The Hall–Kier alpha value is -2.50. The van der Waals surface area contributed by atoms with Gasteiger partial charge in [0.15, 0.2) is 0 Å². The predicted octanol–water partition coefficient (Wildman–Crippen LogP) is 3.35. The van der Waals surface area contributed by atoms with Crippen molar-refractivity contribution in [2.24, 2.45) is 0 Å². The lowest BCUT2D eigenvalue weighted by Crippen LogP contribution is -2.30. The molecule has 142 valence electrons. The number of rotatable bonds is 6. The van der Waals surface area contributed by atoms with Gasteiger partial charge < -0.3 is 24.7 Å². The van der Waals surface area contributed by atoms with Gasteiger partial charge in [0, 0.05) is 29.7 Å². The first-order valence-electron chi connectivity index (χ1n) is 9.45. The van der Waals surface area contributed by atoms with E-state index in [0.29, 0.717) is 6.61 Å². The third-order valence-corrected chi connectivity index (χ3v) is 5.16. The van der Waals surface area contributed by atoms with Gasteiger partial charge in [-0.1, -0.05) is 12.1 Å². The zero-order valence-electron chi connectivity index (χ0n) is 16.2. The number of likely N-dealkylation sites (N-methyl/N-ethyl adjacent to an activating group) is 1. The largest absolute Gasteiger partial charge is 0.497 e. The smallest absolute Gasteiger partial charge is 0.119 e. The van der Waals surface area contributed by atoms with E-state index in [9.17, 15) is 0 Å². The van der Waals surface area contributed by atoms with E-state index in [1.165, 1.54) is 22.2 Å². The van der Waals surface area contributed by atoms with Crippen LogP contribution in [0.1, 0.15) is 22.9 Å². The number of methoxy groups -OCH3 is 1. The molecular weight excluding hydrogens is 338 g/mol. The van der Waals surface area contributed by atoms with Gasteiger partial charge in [-0.05, 0) is 62.0 Å². The lowest BCUT2D eigenvalue weighted by molar-refractivity contribution is 0.261. The number of ether oxygens (including phenoxy) is 2. The Balaban J connectivity index is 1.64. The van der Waals surface area contributed by atoms with Crippen molar-refractivity contribution in [3.63, 3.8) is 0 Å². The quantitative estimate of drug-likeness (QED) is 0.703. The molecule has 0 amide bonds. The van der Waals surface area contributed by atoms with Crippen LogP contribution in [0, 0.1) is 0 Å². The molecule has 0 spiro atoms. The van der Waals surface area contributed by atoms with Gasteiger partial charge in [0.2, 0.25) is 0 Å². The van der Waals surface area contributed by atoms with Crippen LogP contribution in [-0.4, -0.2) is 50.8 Å². The van der Waals surface area contributed by atoms with E-state index in [2.05, 4.69) is 59.6 Å². The first-order valence-corrected chi connectivity index (χ1v) is 9.45. The summed E-state index contributed by atoms with van der Waals surface area (Å²) in [5.74, 6) is 1.82. The highest BCUT2D eigenvalue weighted by Crippen LogP contribution is 2.35. The van der Waals surface area contributed by atoms with E-state index in [0.717, 1.165) is 36.5 Å². The van der Waals surface area contributed by atoms with Crippen LogP contribution in [0.2, 0.25) is 0 Å². The van der Waals surface area contributed by atoms with Crippen LogP contribution in [0.15, 0.2) is 42.5 Å². The van der Waals surface area contributed by atoms with E-state index >= 15 is 0 Å². The Kier molecular flexibility index (Phi) is 5.05. The van der Waals surface area contributed by atoms with Crippen molar-refractivity contribution in [2.45, 2.75) is 12.5 Å². The van der Waals surface area contributed by atoms with Gasteiger partial charge in [-0.3, -0.25) is 0 Å². The minimum atomic E-state index is 0.143. The molecule has 0 bridgehead atoms. The number of hydrogen-bond donors (Lipinski definition) is 2. The van der Waals surface area contributed by atoms with Crippen LogP contribution < -0.4 is 14.8 Å². The van der Waals surface area contributed by atoms with Crippen molar-refractivity contribution in [1.29, 1.82) is 0 Å². The highest BCUT2D eigenvalue weighted by atomic mass is 16.5. The monoisotopic (exact) mass is 365 g/mol. The lowest BCUT2D eigenvalue weighted by atomic mass is 9.94. The number of benzene rings is 2. The summed E-state index contributed by atoms with van der Waals surface area (Å²) in [6.45, 7) is 2.54. The molecule has 0 saturated carbocycles. The maximum absolute atomic E-state index is 5.93. The fraction of sp³-hybridized carbons (Fsp3) is 0.364. The van der Waals surface area contributed by atoms with E-state index in [-0.39, 0.29) is 6.04 Å². The Labute approximate surface area is 160 Å². The molecule has 1 atom stereocenters. The summed E-state index contributed by atoms with van der Waals surface area (Å²) >= 11 is 0. The molecule has 2 N–H and O–H groups in total. The minimum absolute atomic E-state index is 0.143. The molecule has 27 heavy (non-hydrogen) atoms. The van der Waals surface area contributed by atoms with Gasteiger partial charge >= 0.3 is 0 Å². The van der Waals surface area contributed by atoms with Crippen LogP contribution >= 0.6 is 0 Å². The number of aromatic amines is 1. The molecule has 1 unspecified atom stereocenters. The number of H-pyrrole nitrogens is 1. The second-order valence-electron chi connectivity index (χ2n) is 7.29. The Morgan fingerprint density at radius 3 is 2.81 bits per heavy atom. The summed E-state index contributed by atoms with van der Waals surface area (Å²) in [6.07, 6.45) is 1.01. The number of aromatic nitrogens is 1. The molecule has 2 heterocycles. The van der Waals surface area contributed by atoms with Crippen LogP contribution in [-0.2, 0) is 6.42 Å². The van der Waals surface area contributed by atoms with Crippen LogP contribution in [0.3, 0.4) is 0 Å². The average Bonchev–Trinajstić information content (AvgIpc) is 3.05. The number of nitrogens with one attached hydrogen (secondary N) is 2. The highest BCUT2D eigenvalue weighted by Gasteiger charge is 2.25. The fourth-order valence-corrected chi connectivity index (χ4v) is 3.75. The van der Waals surface area contributed by atoms with Gasteiger partial charge in [0.25, 0.3) is 0 Å². The standard InChI is InChI=1S/C22H27N3O2/c1-25(2)11-12-27-17-6-4-5-15(13-17)21-22-18(9-10-23-21)19-14-16(26-3)7-8-20(19)24-22/h4-8,13-14,21,23-24H,9-12H2,1-3H3. The van der Waals surface area contributed by atoms with Gasteiger partial charge in [0.1, 0.15) is 18.1 Å². The highest BCUT2D eigenvalue weighted by molar-refractivity contribution is 5.86. The summed E-state index contributed by atoms with van der Waals surface area (Å²) in [4.78, 5) is 5.75. The molecule has 0 aliphatic carbocycles. The summed E-state index contributed by atoms with van der Waals surface area (Å²) in [5, 5.41) is 4.91. The van der Waals surface area contributed by atoms with Crippen LogP contribution in [0.25, 0.3) is 10.9 Å². The number of fused-ring (bicyclic) bond motifs is 3. The van der Waals surface area contributed by atoms with Crippen LogP contribution in [0.5, 0.6) is 11.5 Å². The van der Waals surface area contributed by atoms with E-state index in [4.69, 9.17) is 9.47 Å². The SMILES string of the molecule is COc1ccc2[nH]c3c(c2c1)CCNC3c1cccc(OCCN(C)C)c1. The second kappa shape index (κ2) is 7.62. The van der Waals surface area contributed by atoms with Crippen molar-refractivity contribution in [1.82, 2.24) is 15.2 Å². The van der Waals surface area contributed by atoms with Crippen molar-refractivity contribution in [3.05, 3.63) is 59.3 Å². The van der Waals surface area contributed by atoms with Crippen LogP contribution in [0.4, 0.5) is 0 Å². The van der Waals surface area contributed by atoms with Crippen molar-refractivity contribution in [3.8, 4) is 11.5 Å². The molecule has 3 aromatic rings. The van der Waals surface area contributed by atoms with Crippen molar-refractivity contribution >= 4 is 10.9 Å². The van der Waals surface area contributed by atoms with E-state index in [1.54, 1.807) is 7.11 Å². The second-order valence-corrected chi connectivity index (χ2v) is 7.29. The molecule has 2 aromatic carbocycles. The van der Waals surface area contributed by atoms with Crippen molar-refractivity contribution < 1.29 is 9.47 Å².